The molecule has 3 aromatic rings. The Bertz CT molecular complexity index is 1190. The van der Waals surface area contributed by atoms with Crippen LogP contribution in [-0.4, -0.2) is 48.4 Å². The first kappa shape index (κ1) is 24.5. The monoisotopic (exact) mass is 500 g/mol. The van der Waals surface area contributed by atoms with E-state index >= 15 is 0 Å². The summed E-state index contributed by atoms with van der Waals surface area (Å²) >= 11 is -3.06. The van der Waals surface area contributed by atoms with Crippen LogP contribution in [0.15, 0.2) is 30.6 Å². The van der Waals surface area contributed by atoms with Gasteiger partial charge in [0.25, 0.3) is 0 Å². The molecule has 34 heavy (non-hydrogen) atoms. The van der Waals surface area contributed by atoms with Gasteiger partial charge in [-0.05, 0) is 43.5 Å². The number of benzene rings is 1. The van der Waals surface area contributed by atoms with Crippen molar-refractivity contribution in [2.24, 2.45) is 5.73 Å². The van der Waals surface area contributed by atoms with Gasteiger partial charge in [-0.15, -0.1) is 17.5 Å². The summed E-state index contributed by atoms with van der Waals surface area (Å²) in [6, 6.07) is 3.63. The fourth-order valence-electron chi connectivity index (χ4n) is 3.90. The number of nitrogens with zero attached hydrogens (tertiary/aromatic N) is 4. The van der Waals surface area contributed by atoms with E-state index in [0.29, 0.717) is 10.9 Å². The summed E-state index contributed by atoms with van der Waals surface area (Å²) in [5.41, 5.74) is 1.95. The number of anilines is 1. The van der Waals surface area contributed by atoms with Gasteiger partial charge in [0.15, 0.2) is 17.2 Å². The number of piperidine rings is 1. The maximum Gasteiger partial charge on any atom is 0.593 e. The molecule has 1 saturated heterocycles. The molecular weight excluding hydrogens is 479 g/mol. The molecule has 4 rings (SSSR count). The van der Waals surface area contributed by atoms with Crippen molar-refractivity contribution in [1.82, 2.24) is 19.3 Å². The van der Waals surface area contributed by atoms with Crippen molar-refractivity contribution in [3.05, 3.63) is 47.8 Å². The van der Waals surface area contributed by atoms with Gasteiger partial charge in [0.1, 0.15) is 17.0 Å². The van der Waals surface area contributed by atoms with Crippen LogP contribution in [0.25, 0.3) is 22.2 Å². The summed E-state index contributed by atoms with van der Waals surface area (Å²) in [5, 5.41) is 3.41. The molecule has 1 aliphatic rings. The fraction of sp³-hybridized carbons (Fsp3) is 0.381. The van der Waals surface area contributed by atoms with Crippen LogP contribution in [0.2, 0.25) is 0 Å². The van der Waals surface area contributed by atoms with Gasteiger partial charge in [0.2, 0.25) is 5.95 Å². The summed E-state index contributed by atoms with van der Waals surface area (Å²) < 4.78 is 79.7. The third kappa shape index (κ3) is 5.06. The molecule has 0 saturated carbocycles. The summed E-state index contributed by atoms with van der Waals surface area (Å²) in [5.74, 6) is -1.38. The molecular formula is C21H21F5N6OS. The number of hydrogen-bond donors (Lipinski definition) is 2. The molecule has 13 heteroatoms. The maximum absolute atomic E-state index is 14.8. The fourth-order valence-corrected chi connectivity index (χ4v) is 4.74. The first-order valence-corrected chi connectivity index (χ1v) is 11.5. The molecule has 3 heterocycles. The summed E-state index contributed by atoms with van der Waals surface area (Å²) in [7, 11) is 0. The SMILES string of the molecule is CC(N)c1ccnc2c(F)cc(-c3nc(NC4CCN([S+]([O-])C(F)(F)F)CC4)ncc3F)cc12. The first-order valence-electron chi connectivity index (χ1n) is 10.4. The minimum Gasteiger partial charge on any atom is -0.591 e. The molecule has 2 atom stereocenters. The molecule has 0 bridgehead atoms. The number of nitrogens with one attached hydrogen (secondary N) is 1. The Kier molecular flexibility index (Phi) is 6.90. The lowest BCUT2D eigenvalue weighted by Gasteiger charge is -2.32. The van der Waals surface area contributed by atoms with Crippen molar-refractivity contribution in [2.45, 2.75) is 37.4 Å². The second-order valence-corrected chi connectivity index (χ2v) is 9.45. The van der Waals surface area contributed by atoms with Gasteiger partial charge in [-0.3, -0.25) is 4.98 Å². The van der Waals surface area contributed by atoms with Crippen LogP contribution >= 0.6 is 0 Å². The Hall–Kier alpha value is -2.61. The highest BCUT2D eigenvalue weighted by molar-refractivity contribution is 7.89. The van der Waals surface area contributed by atoms with E-state index in [2.05, 4.69) is 20.3 Å². The summed E-state index contributed by atoms with van der Waals surface area (Å²) in [6.45, 7) is 1.66. The van der Waals surface area contributed by atoms with E-state index < -0.39 is 34.5 Å². The summed E-state index contributed by atoms with van der Waals surface area (Å²) in [4.78, 5) is 12.1. The van der Waals surface area contributed by atoms with Gasteiger partial charge in [0, 0.05) is 42.3 Å². The van der Waals surface area contributed by atoms with E-state index in [4.69, 9.17) is 5.73 Å². The van der Waals surface area contributed by atoms with E-state index in [-0.39, 0.29) is 54.7 Å². The van der Waals surface area contributed by atoms with E-state index in [1.54, 1.807) is 19.1 Å². The Morgan fingerprint density at radius 2 is 1.88 bits per heavy atom. The minimum absolute atomic E-state index is 0.0409. The number of fused-ring (bicyclic) bond motifs is 1. The average molecular weight is 500 g/mol. The molecule has 1 fully saturated rings. The number of alkyl halides is 3. The standard InChI is InChI=1S/C21H21F5N6OS/c1-11(27)14-2-5-28-19-15(14)8-12(9-16(19)22)18-17(23)10-29-20(31-18)30-13-3-6-32(7-4-13)34(33)21(24,25)26/h2,5,8-11,13H,3-4,6-7,27H2,1H3,(H,29,30,31). The minimum atomic E-state index is -4.80. The van der Waals surface area contributed by atoms with Gasteiger partial charge < -0.3 is 15.6 Å². The van der Waals surface area contributed by atoms with Crippen molar-refractivity contribution in [3.63, 3.8) is 0 Å². The van der Waals surface area contributed by atoms with Crippen LogP contribution in [0.4, 0.5) is 27.9 Å². The van der Waals surface area contributed by atoms with E-state index in [1.807, 2.05) is 0 Å². The number of halogens is 5. The zero-order valence-electron chi connectivity index (χ0n) is 17.9. The zero-order valence-corrected chi connectivity index (χ0v) is 18.8. The molecule has 2 unspecified atom stereocenters. The number of rotatable bonds is 5. The van der Waals surface area contributed by atoms with Gasteiger partial charge in [0.05, 0.1) is 6.20 Å². The van der Waals surface area contributed by atoms with Crippen LogP contribution in [-0.2, 0) is 11.4 Å². The van der Waals surface area contributed by atoms with Crippen LogP contribution in [0.1, 0.15) is 31.4 Å². The molecule has 1 aliphatic heterocycles. The van der Waals surface area contributed by atoms with Crippen molar-refractivity contribution in [1.29, 1.82) is 0 Å². The van der Waals surface area contributed by atoms with Crippen LogP contribution < -0.4 is 11.1 Å². The van der Waals surface area contributed by atoms with Crippen molar-refractivity contribution >= 4 is 28.2 Å². The normalized spacial score (nSPS) is 17.6. The van der Waals surface area contributed by atoms with Crippen molar-refractivity contribution in [3.8, 4) is 11.3 Å². The Morgan fingerprint density at radius 1 is 1.18 bits per heavy atom. The predicted octanol–water partition coefficient (Wildman–Crippen LogP) is 4.05. The molecule has 2 aromatic heterocycles. The maximum atomic E-state index is 14.8. The molecule has 0 amide bonds. The molecule has 0 aliphatic carbocycles. The molecule has 182 valence electrons. The lowest BCUT2D eigenvalue weighted by Crippen LogP contribution is -2.47. The third-order valence-corrected chi connectivity index (χ3v) is 6.79. The van der Waals surface area contributed by atoms with Crippen molar-refractivity contribution < 1.29 is 26.5 Å². The topological polar surface area (TPSA) is 103 Å². The van der Waals surface area contributed by atoms with Crippen LogP contribution in [0, 0.1) is 11.6 Å². The van der Waals surface area contributed by atoms with E-state index in [9.17, 15) is 26.5 Å². The van der Waals surface area contributed by atoms with Gasteiger partial charge >= 0.3 is 5.51 Å². The first-order chi connectivity index (χ1) is 16.0. The Balaban J connectivity index is 1.57. The van der Waals surface area contributed by atoms with Gasteiger partial charge in [-0.25, -0.2) is 18.7 Å². The smallest absolute Gasteiger partial charge is 0.591 e. The quantitative estimate of drug-likeness (QED) is 0.403. The van der Waals surface area contributed by atoms with E-state index in [1.165, 1.54) is 6.20 Å². The highest BCUT2D eigenvalue weighted by Crippen LogP contribution is 2.32. The zero-order chi connectivity index (χ0) is 24.6. The average Bonchev–Trinajstić information content (AvgIpc) is 2.79. The second-order valence-electron chi connectivity index (χ2n) is 7.98. The van der Waals surface area contributed by atoms with Crippen LogP contribution in [0.3, 0.4) is 0 Å². The number of hydrogen-bond acceptors (Lipinski definition) is 7. The molecule has 7 nitrogen and oxygen atoms in total. The third-order valence-electron chi connectivity index (χ3n) is 5.56. The number of aromatic nitrogens is 3. The number of nitrogens with two attached hydrogens (primary N) is 1. The Morgan fingerprint density at radius 3 is 2.53 bits per heavy atom. The highest BCUT2D eigenvalue weighted by Gasteiger charge is 2.50. The molecule has 1 aromatic carbocycles. The highest BCUT2D eigenvalue weighted by atomic mass is 32.2. The van der Waals surface area contributed by atoms with Crippen LogP contribution in [0.5, 0.6) is 0 Å². The molecule has 0 spiro atoms. The van der Waals surface area contributed by atoms with Gasteiger partial charge in [-0.2, -0.15) is 0 Å². The van der Waals surface area contributed by atoms with E-state index in [0.717, 1.165) is 16.6 Å². The Labute approximate surface area is 194 Å². The summed E-state index contributed by atoms with van der Waals surface area (Å²) in [6.07, 6.45) is 2.90. The lowest BCUT2D eigenvalue weighted by atomic mass is 10.00. The number of pyridine rings is 1. The molecule has 3 N–H and O–H groups in total. The predicted molar refractivity (Wildman–Crippen MR) is 118 cm³/mol. The largest absolute Gasteiger partial charge is 0.593 e. The van der Waals surface area contributed by atoms with Gasteiger partial charge in [-0.1, -0.05) is 0 Å². The second kappa shape index (κ2) is 9.56. The molecule has 0 radical (unpaired) electrons. The van der Waals surface area contributed by atoms with Crippen molar-refractivity contribution in [2.75, 3.05) is 18.4 Å². The lowest BCUT2D eigenvalue weighted by molar-refractivity contribution is -0.0493.